The van der Waals surface area contributed by atoms with Crippen LogP contribution in [0, 0.1) is 0 Å². The van der Waals surface area contributed by atoms with Crippen LogP contribution >= 0.6 is 0 Å². The number of carbonyl (C=O) groups excluding carboxylic acids is 1. The fourth-order valence-corrected chi connectivity index (χ4v) is 2.07. The molecule has 0 saturated carbocycles. The third kappa shape index (κ3) is 1.20. The summed E-state index contributed by atoms with van der Waals surface area (Å²) < 4.78 is 0. The van der Waals surface area contributed by atoms with Gasteiger partial charge in [-0.25, -0.2) is 0 Å². The number of fused-ring (bicyclic) bond motifs is 3. The number of nitrogens with zero attached hydrogens (tertiary/aromatic N) is 1. The van der Waals surface area contributed by atoms with Crippen molar-refractivity contribution in [1.29, 1.82) is 0 Å². The summed E-state index contributed by atoms with van der Waals surface area (Å²) in [6.07, 6.45) is 4.49. The Morgan fingerprint density at radius 1 is 1.00 bits per heavy atom. The summed E-state index contributed by atoms with van der Waals surface area (Å²) in [5.41, 5.74) is 0.731. The summed E-state index contributed by atoms with van der Waals surface area (Å²) in [6, 6.07) is 11.7. The molecule has 0 saturated heterocycles. The van der Waals surface area contributed by atoms with E-state index in [-0.39, 0.29) is 0 Å². The lowest BCUT2D eigenvalue weighted by Crippen LogP contribution is -1.86. The van der Waals surface area contributed by atoms with Crippen molar-refractivity contribution in [3.63, 3.8) is 0 Å². The van der Waals surface area contributed by atoms with Gasteiger partial charge < -0.3 is 0 Å². The van der Waals surface area contributed by atoms with E-state index in [1.807, 2.05) is 42.6 Å². The second-order valence-electron chi connectivity index (χ2n) is 3.73. The second kappa shape index (κ2) is 3.42. The lowest BCUT2D eigenvalue weighted by atomic mass is 9.99. The van der Waals surface area contributed by atoms with E-state index in [0.29, 0.717) is 0 Å². The first-order valence-electron chi connectivity index (χ1n) is 5.11. The molecule has 16 heavy (non-hydrogen) atoms. The highest BCUT2D eigenvalue weighted by atomic mass is 16.1. The molecule has 0 atom stereocenters. The van der Waals surface area contributed by atoms with Crippen molar-refractivity contribution in [2.24, 2.45) is 0 Å². The van der Waals surface area contributed by atoms with Gasteiger partial charge in [0.1, 0.15) is 0 Å². The van der Waals surface area contributed by atoms with Gasteiger partial charge in [-0.15, -0.1) is 0 Å². The smallest absolute Gasteiger partial charge is 0.150 e. The highest BCUT2D eigenvalue weighted by Gasteiger charge is 2.04. The SMILES string of the molecule is O=Cc1cc2ccncc2c2ccccc12. The van der Waals surface area contributed by atoms with E-state index in [0.717, 1.165) is 33.4 Å². The van der Waals surface area contributed by atoms with Gasteiger partial charge in [0, 0.05) is 23.3 Å². The Morgan fingerprint density at radius 2 is 1.81 bits per heavy atom. The van der Waals surface area contributed by atoms with E-state index in [1.165, 1.54) is 0 Å². The molecule has 0 radical (unpaired) electrons. The molecule has 1 heterocycles. The van der Waals surface area contributed by atoms with Gasteiger partial charge in [0.05, 0.1) is 0 Å². The van der Waals surface area contributed by atoms with Crippen LogP contribution < -0.4 is 0 Å². The number of carbonyl (C=O) groups is 1. The minimum Gasteiger partial charge on any atom is -0.298 e. The number of pyridine rings is 1. The predicted octanol–water partition coefficient (Wildman–Crippen LogP) is 3.20. The zero-order valence-electron chi connectivity index (χ0n) is 8.55. The Hall–Kier alpha value is -2.22. The van der Waals surface area contributed by atoms with E-state index < -0.39 is 0 Å². The van der Waals surface area contributed by atoms with Crippen LogP contribution in [0.25, 0.3) is 21.5 Å². The van der Waals surface area contributed by atoms with Crippen LogP contribution in [0.5, 0.6) is 0 Å². The van der Waals surface area contributed by atoms with Crippen molar-refractivity contribution in [3.8, 4) is 0 Å². The first-order valence-corrected chi connectivity index (χ1v) is 5.11. The average molecular weight is 207 g/mol. The summed E-state index contributed by atoms with van der Waals surface area (Å²) in [4.78, 5) is 15.2. The molecule has 0 fully saturated rings. The molecule has 0 amide bonds. The zero-order valence-corrected chi connectivity index (χ0v) is 8.55. The molecule has 2 aromatic carbocycles. The van der Waals surface area contributed by atoms with Crippen LogP contribution in [-0.2, 0) is 0 Å². The molecule has 2 nitrogen and oxygen atoms in total. The van der Waals surface area contributed by atoms with Gasteiger partial charge in [-0.2, -0.15) is 0 Å². The Balaban J connectivity index is 2.62. The van der Waals surface area contributed by atoms with Crippen molar-refractivity contribution in [3.05, 3.63) is 54.4 Å². The zero-order chi connectivity index (χ0) is 11.0. The quantitative estimate of drug-likeness (QED) is 0.453. The average Bonchev–Trinajstić information content (AvgIpc) is 2.38. The molecule has 0 aliphatic heterocycles. The van der Waals surface area contributed by atoms with E-state index in [1.54, 1.807) is 6.20 Å². The van der Waals surface area contributed by atoms with Gasteiger partial charge in [-0.05, 0) is 28.3 Å². The lowest BCUT2D eigenvalue weighted by Gasteiger charge is -2.05. The normalized spacial score (nSPS) is 10.8. The van der Waals surface area contributed by atoms with E-state index in [2.05, 4.69) is 4.98 Å². The highest BCUT2D eigenvalue weighted by Crippen LogP contribution is 2.26. The highest BCUT2D eigenvalue weighted by molar-refractivity contribution is 6.13. The van der Waals surface area contributed by atoms with Crippen LogP contribution in [-0.4, -0.2) is 11.3 Å². The van der Waals surface area contributed by atoms with Gasteiger partial charge in [0.15, 0.2) is 6.29 Å². The number of benzene rings is 2. The maximum absolute atomic E-state index is 11.0. The monoisotopic (exact) mass is 207 g/mol. The Labute approximate surface area is 92.5 Å². The third-order valence-electron chi connectivity index (χ3n) is 2.82. The predicted molar refractivity (Wildman–Crippen MR) is 64.6 cm³/mol. The summed E-state index contributed by atoms with van der Waals surface area (Å²) >= 11 is 0. The second-order valence-corrected chi connectivity index (χ2v) is 3.73. The number of hydrogen-bond donors (Lipinski definition) is 0. The maximum atomic E-state index is 11.0. The molecule has 0 aliphatic carbocycles. The largest absolute Gasteiger partial charge is 0.298 e. The molecule has 76 valence electrons. The minimum absolute atomic E-state index is 0.731. The molecule has 0 unspecified atom stereocenters. The van der Waals surface area contributed by atoms with Gasteiger partial charge in [-0.3, -0.25) is 9.78 Å². The molecule has 0 N–H and O–H groups in total. The third-order valence-corrected chi connectivity index (χ3v) is 2.82. The van der Waals surface area contributed by atoms with Crippen LogP contribution in [0.15, 0.2) is 48.8 Å². The van der Waals surface area contributed by atoms with E-state index in [9.17, 15) is 4.79 Å². The molecule has 1 aromatic heterocycles. The van der Waals surface area contributed by atoms with Gasteiger partial charge in [0.2, 0.25) is 0 Å². The Bertz CT molecular complexity index is 688. The fourth-order valence-electron chi connectivity index (χ4n) is 2.07. The lowest BCUT2D eigenvalue weighted by molar-refractivity contribution is 0.112. The van der Waals surface area contributed by atoms with E-state index >= 15 is 0 Å². The number of hydrogen-bond acceptors (Lipinski definition) is 2. The molecular formula is C14H9NO. The van der Waals surface area contributed by atoms with Crippen LogP contribution in [0.4, 0.5) is 0 Å². The first-order chi connectivity index (χ1) is 7.90. The number of rotatable bonds is 1. The molecule has 0 aliphatic rings. The van der Waals surface area contributed by atoms with Crippen molar-refractivity contribution >= 4 is 27.8 Å². The maximum Gasteiger partial charge on any atom is 0.150 e. The summed E-state index contributed by atoms with van der Waals surface area (Å²) in [7, 11) is 0. The van der Waals surface area contributed by atoms with Crippen LogP contribution in [0.3, 0.4) is 0 Å². The molecular weight excluding hydrogens is 198 g/mol. The standard InChI is InChI=1S/C14H9NO/c16-9-11-7-10-5-6-15-8-14(10)13-4-2-1-3-12(11)13/h1-9H. The molecule has 0 bridgehead atoms. The Morgan fingerprint density at radius 3 is 2.62 bits per heavy atom. The summed E-state index contributed by atoms with van der Waals surface area (Å²) in [5.74, 6) is 0. The Kier molecular flexibility index (Phi) is 1.93. The first kappa shape index (κ1) is 9.04. The van der Waals surface area contributed by atoms with Crippen LogP contribution in [0.2, 0.25) is 0 Å². The van der Waals surface area contributed by atoms with Crippen LogP contribution in [0.1, 0.15) is 10.4 Å². The number of aldehydes is 1. The molecule has 3 aromatic rings. The van der Waals surface area contributed by atoms with Crippen molar-refractivity contribution in [2.45, 2.75) is 0 Å². The van der Waals surface area contributed by atoms with Gasteiger partial charge in [-0.1, -0.05) is 24.3 Å². The van der Waals surface area contributed by atoms with Crippen molar-refractivity contribution in [2.75, 3.05) is 0 Å². The van der Waals surface area contributed by atoms with Gasteiger partial charge in [0.25, 0.3) is 0 Å². The molecule has 2 heteroatoms. The fraction of sp³-hybridized carbons (Fsp3) is 0. The topological polar surface area (TPSA) is 30.0 Å². The van der Waals surface area contributed by atoms with Gasteiger partial charge >= 0.3 is 0 Å². The van der Waals surface area contributed by atoms with Crippen molar-refractivity contribution < 1.29 is 4.79 Å². The molecule has 3 rings (SSSR count). The van der Waals surface area contributed by atoms with E-state index in [4.69, 9.17) is 0 Å². The summed E-state index contributed by atoms with van der Waals surface area (Å²) in [6.45, 7) is 0. The number of aromatic nitrogens is 1. The summed E-state index contributed by atoms with van der Waals surface area (Å²) in [5, 5.41) is 4.20. The minimum atomic E-state index is 0.731. The van der Waals surface area contributed by atoms with Crippen molar-refractivity contribution in [1.82, 2.24) is 4.98 Å². The molecule has 0 spiro atoms.